The average Bonchev–Trinajstić information content (AvgIpc) is 3.49. The molecule has 0 unspecified atom stereocenters. The summed E-state index contributed by atoms with van der Waals surface area (Å²) >= 11 is 0. The molecule has 0 bridgehead atoms. The Kier molecular flexibility index (Phi) is 9.66. The predicted octanol–water partition coefficient (Wildman–Crippen LogP) is 6.89. The molecule has 9 heteroatoms. The molecule has 45 heavy (non-hydrogen) atoms. The Labute approximate surface area is 265 Å². The number of allylic oxidation sites excluding steroid dienone is 3. The van der Waals surface area contributed by atoms with Gasteiger partial charge < -0.3 is 9.47 Å². The minimum absolute atomic E-state index is 0.225. The number of ether oxygens (including phenoxy) is 2. The van der Waals surface area contributed by atoms with Crippen LogP contribution < -0.4 is 0 Å². The van der Waals surface area contributed by atoms with Crippen LogP contribution in [0.4, 0.5) is 0 Å². The summed E-state index contributed by atoms with van der Waals surface area (Å²) in [7, 11) is 0. The molecule has 1 saturated heterocycles. The molecule has 3 aromatic rings. The minimum Gasteiger partial charge on any atom is -0.488 e. The molecule has 1 amide bonds. The molecule has 0 saturated carbocycles. The van der Waals surface area contributed by atoms with Crippen molar-refractivity contribution in [3.63, 3.8) is 0 Å². The van der Waals surface area contributed by atoms with Gasteiger partial charge in [-0.05, 0) is 98.2 Å². The van der Waals surface area contributed by atoms with Crippen LogP contribution in [0.1, 0.15) is 90.0 Å². The molecule has 0 N–H and O–H groups in total. The summed E-state index contributed by atoms with van der Waals surface area (Å²) in [5.74, 6) is 1.30. The Morgan fingerprint density at radius 1 is 1.18 bits per heavy atom. The van der Waals surface area contributed by atoms with Crippen molar-refractivity contribution in [3.05, 3.63) is 98.0 Å². The number of carbonyl (C=O) groups excluding carboxylic acids is 1. The highest BCUT2D eigenvalue weighted by Gasteiger charge is 2.25. The van der Waals surface area contributed by atoms with Crippen molar-refractivity contribution in [1.29, 1.82) is 0 Å². The minimum atomic E-state index is -0.811. The number of nitroso groups, excluding NO2 is 1. The SMILES string of the molecule is CCCc1c(C(=O)N=O)cnn1-c1cccc(C2=CCCC(C)=C2OCc2ccc3c(c2C)CCN(C[C@H]2CCCOC2)C3)n1. The summed E-state index contributed by atoms with van der Waals surface area (Å²) < 4.78 is 14.0. The lowest BCUT2D eigenvalue weighted by molar-refractivity contribution is 0.0364. The Morgan fingerprint density at radius 3 is 2.87 bits per heavy atom. The van der Waals surface area contributed by atoms with E-state index >= 15 is 0 Å². The number of benzene rings is 1. The van der Waals surface area contributed by atoms with E-state index < -0.39 is 5.91 Å². The molecule has 1 aliphatic carbocycles. The first-order valence-corrected chi connectivity index (χ1v) is 16.3. The molecule has 4 heterocycles. The first kappa shape index (κ1) is 31.0. The van der Waals surface area contributed by atoms with E-state index in [1.807, 2.05) is 25.1 Å². The van der Waals surface area contributed by atoms with Gasteiger partial charge in [-0.2, -0.15) is 5.10 Å². The van der Waals surface area contributed by atoms with E-state index in [4.69, 9.17) is 14.5 Å². The van der Waals surface area contributed by atoms with E-state index in [2.05, 4.69) is 47.2 Å². The molecule has 2 aliphatic heterocycles. The van der Waals surface area contributed by atoms with Gasteiger partial charge in [-0.25, -0.2) is 9.67 Å². The Hall–Kier alpha value is -3.95. The van der Waals surface area contributed by atoms with Gasteiger partial charge in [-0.3, -0.25) is 9.69 Å². The Morgan fingerprint density at radius 2 is 2.07 bits per heavy atom. The highest BCUT2D eigenvalue weighted by Crippen LogP contribution is 2.34. The number of amides is 1. The van der Waals surface area contributed by atoms with Crippen LogP contribution in [0, 0.1) is 17.7 Å². The molecule has 0 radical (unpaired) electrons. The highest BCUT2D eigenvalue weighted by molar-refractivity contribution is 5.95. The lowest BCUT2D eigenvalue weighted by Gasteiger charge is -2.34. The maximum absolute atomic E-state index is 12.1. The van der Waals surface area contributed by atoms with Crippen LogP contribution in [0.15, 0.2) is 59.1 Å². The quantitative estimate of drug-likeness (QED) is 0.231. The first-order chi connectivity index (χ1) is 22.0. The molecular formula is C36H43N5O4. The molecule has 1 atom stereocenters. The third-order valence-corrected chi connectivity index (χ3v) is 9.42. The Balaban J connectivity index is 1.19. The van der Waals surface area contributed by atoms with Crippen molar-refractivity contribution in [2.75, 3.05) is 26.3 Å². The smallest absolute Gasteiger partial charge is 0.320 e. The van der Waals surface area contributed by atoms with Gasteiger partial charge >= 0.3 is 5.91 Å². The van der Waals surface area contributed by atoms with Crippen molar-refractivity contribution in [3.8, 4) is 5.82 Å². The lowest BCUT2D eigenvalue weighted by atomic mass is 9.91. The van der Waals surface area contributed by atoms with E-state index in [0.717, 1.165) is 75.6 Å². The van der Waals surface area contributed by atoms with Crippen molar-refractivity contribution in [2.45, 2.75) is 78.9 Å². The molecule has 9 nitrogen and oxygen atoms in total. The van der Waals surface area contributed by atoms with E-state index in [1.54, 1.807) is 4.68 Å². The second kappa shape index (κ2) is 14.0. The molecule has 236 valence electrons. The number of rotatable bonds is 10. The second-order valence-electron chi connectivity index (χ2n) is 12.6. The van der Waals surface area contributed by atoms with Gasteiger partial charge in [-0.1, -0.05) is 37.6 Å². The van der Waals surface area contributed by atoms with Gasteiger partial charge in [0.15, 0.2) is 5.82 Å². The molecular weight excluding hydrogens is 566 g/mol. The van der Waals surface area contributed by atoms with Crippen molar-refractivity contribution < 1.29 is 14.3 Å². The van der Waals surface area contributed by atoms with Crippen LogP contribution in [0.5, 0.6) is 0 Å². The molecule has 3 aliphatic rings. The monoisotopic (exact) mass is 609 g/mol. The van der Waals surface area contributed by atoms with Gasteiger partial charge in [0.1, 0.15) is 12.4 Å². The summed E-state index contributed by atoms with van der Waals surface area (Å²) in [4.78, 5) is 30.7. The predicted molar refractivity (Wildman–Crippen MR) is 174 cm³/mol. The fourth-order valence-corrected chi connectivity index (χ4v) is 6.98. The zero-order valence-electron chi connectivity index (χ0n) is 26.7. The van der Waals surface area contributed by atoms with Crippen molar-refractivity contribution in [1.82, 2.24) is 19.7 Å². The summed E-state index contributed by atoms with van der Waals surface area (Å²) in [6.45, 7) is 11.9. The maximum atomic E-state index is 12.1. The topological polar surface area (TPSA) is 98.9 Å². The number of pyridine rings is 1. The number of aromatic nitrogens is 3. The van der Waals surface area contributed by atoms with Gasteiger partial charge in [0.05, 0.1) is 29.8 Å². The van der Waals surface area contributed by atoms with Gasteiger partial charge in [0.2, 0.25) is 0 Å². The van der Waals surface area contributed by atoms with Crippen LogP contribution >= 0.6 is 0 Å². The van der Waals surface area contributed by atoms with Crippen LogP contribution in [0.25, 0.3) is 11.4 Å². The van der Waals surface area contributed by atoms with E-state index in [0.29, 0.717) is 30.5 Å². The maximum Gasteiger partial charge on any atom is 0.320 e. The van der Waals surface area contributed by atoms with Crippen LogP contribution in [-0.2, 0) is 35.5 Å². The summed E-state index contributed by atoms with van der Waals surface area (Å²) in [5.41, 5.74) is 9.28. The molecule has 1 fully saturated rings. The van der Waals surface area contributed by atoms with Gasteiger partial charge in [-0.15, -0.1) is 4.91 Å². The van der Waals surface area contributed by atoms with Crippen LogP contribution in [-0.4, -0.2) is 51.9 Å². The second-order valence-corrected chi connectivity index (χ2v) is 12.6. The number of nitrogens with zero attached hydrogens (tertiary/aromatic N) is 5. The van der Waals surface area contributed by atoms with Gasteiger partial charge in [0.25, 0.3) is 0 Å². The summed E-state index contributed by atoms with van der Waals surface area (Å²) in [6, 6.07) is 10.3. The number of fused-ring (bicyclic) bond motifs is 1. The van der Waals surface area contributed by atoms with Crippen LogP contribution in [0.2, 0.25) is 0 Å². The third-order valence-electron chi connectivity index (χ3n) is 9.42. The summed E-state index contributed by atoms with van der Waals surface area (Å²) in [5, 5.41) is 7.03. The van der Waals surface area contributed by atoms with E-state index in [9.17, 15) is 9.70 Å². The standard InChI is InChI=1S/C36H43N5O4/c1-4-8-33-31(36(42)39-43)19-37-41(33)34-13-6-12-32(38-34)30-11-5-9-24(2)35(30)45-23-28-15-14-27-21-40(17-16-29(27)25(28)3)20-26-10-7-18-44-22-26/h6,11-15,19,26H,4-5,7-10,16-18,20-23H2,1-3H3/t26-/m1/s1. The third kappa shape index (κ3) is 6.70. The molecule has 6 rings (SSSR count). The number of carbonyl (C=O) groups is 1. The van der Waals surface area contributed by atoms with E-state index in [-0.39, 0.29) is 5.56 Å². The molecule has 1 aromatic carbocycles. The molecule has 2 aromatic heterocycles. The fourth-order valence-electron chi connectivity index (χ4n) is 6.98. The normalized spacial score (nSPS) is 18.8. The number of hydrogen-bond donors (Lipinski definition) is 0. The Bertz CT molecular complexity index is 1630. The fraction of sp³-hybridized carbons (Fsp3) is 0.472. The number of hydrogen-bond acceptors (Lipinski definition) is 7. The zero-order chi connectivity index (χ0) is 31.3. The summed E-state index contributed by atoms with van der Waals surface area (Å²) in [6.07, 6.45) is 10.3. The van der Waals surface area contributed by atoms with Crippen LogP contribution in [0.3, 0.4) is 0 Å². The van der Waals surface area contributed by atoms with Crippen molar-refractivity contribution in [2.24, 2.45) is 11.1 Å². The lowest BCUT2D eigenvalue weighted by Crippen LogP contribution is -2.37. The average molecular weight is 610 g/mol. The van der Waals surface area contributed by atoms with Crippen molar-refractivity contribution >= 4 is 11.5 Å². The molecule has 0 spiro atoms. The van der Waals surface area contributed by atoms with Gasteiger partial charge in [0, 0.05) is 37.0 Å². The first-order valence-electron chi connectivity index (χ1n) is 16.3. The van der Waals surface area contributed by atoms with E-state index in [1.165, 1.54) is 46.9 Å². The highest BCUT2D eigenvalue weighted by atomic mass is 16.5. The zero-order valence-corrected chi connectivity index (χ0v) is 26.7. The largest absolute Gasteiger partial charge is 0.488 e.